The summed E-state index contributed by atoms with van der Waals surface area (Å²) < 4.78 is 5.80. The van der Waals surface area contributed by atoms with Crippen molar-refractivity contribution in [3.8, 4) is 17.4 Å². The zero-order chi connectivity index (χ0) is 20.2. The van der Waals surface area contributed by atoms with Crippen LogP contribution in [0.4, 0.5) is 4.79 Å². The maximum atomic E-state index is 12.7. The molecule has 0 aliphatic carbocycles. The summed E-state index contributed by atoms with van der Waals surface area (Å²) >= 11 is 0.911. The second kappa shape index (κ2) is 8.21. The summed E-state index contributed by atoms with van der Waals surface area (Å²) in [7, 11) is 0. The maximum Gasteiger partial charge on any atom is 0.293 e. The summed E-state index contributed by atoms with van der Waals surface area (Å²) in [5.74, 6) is 0.685. The Morgan fingerprint density at radius 3 is 2.55 bits per heavy atom. The average Bonchev–Trinajstić information content (AvgIpc) is 3.32. The number of benzene rings is 2. The van der Waals surface area contributed by atoms with Crippen molar-refractivity contribution in [3.05, 3.63) is 88.5 Å². The monoisotopic (exact) mass is 400 g/mol. The third-order valence-electron chi connectivity index (χ3n) is 4.55. The van der Waals surface area contributed by atoms with E-state index in [2.05, 4.69) is 6.07 Å². The van der Waals surface area contributed by atoms with Crippen molar-refractivity contribution in [2.24, 2.45) is 0 Å². The van der Waals surface area contributed by atoms with Crippen molar-refractivity contribution in [1.82, 2.24) is 4.90 Å². The summed E-state index contributed by atoms with van der Waals surface area (Å²) in [4.78, 5) is 26.5. The van der Waals surface area contributed by atoms with Gasteiger partial charge in [-0.15, -0.1) is 0 Å². The van der Waals surface area contributed by atoms with E-state index in [4.69, 9.17) is 4.42 Å². The van der Waals surface area contributed by atoms with Crippen LogP contribution in [0.3, 0.4) is 0 Å². The first kappa shape index (κ1) is 18.8. The van der Waals surface area contributed by atoms with E-state index < -0.39 is 0 Å². The van der Waals surface area contributed by atoms with Crippen LogP contribution < -0.4 is 0 Å². The quantitative estimate of drug-likeness (QED) is 0.557. The minimum Gasteiger partial charge on any atom is -0.457 e. The molecule has 0 unspecified atom stereocenters. The van der Waals surface area contributed by atoms with Gasteiger partial charge < -0.3 is 4.42 Å². The highest BCUT2D eigenvalue weighted by Gasteiger charge is 2.34. The Kier molecular flexibility index (Phi) is 5.32. The minimum atomic E-state index is -0.314. The van der Waals surface area contributed by atoms with Crippen LogP contribution in [-0.2, 0) is 11.2 Å². The van der Waals surface area contributed by atoms with Crippen LogP contribution in [-0.4, -0.2) is 22.6 Å². The molecule has 2 amide bonds. The number of carbonyl (C=O) groups excluding carboxylic acids is 2. The molecule has 0 N–H and O–H groups in total. The second-order valence-electron chi connectivity index (χ2n) is 6.43. The molecule has 0 atom stereocenters. The zero-order valence-electron chi connectivity index (χ0n) is 15.4. The van der Waals surface area contributed by atoms with E-state index in [1.54, 1.807) is 36.4 Å². The normalized spacial score (nSPS) is 15.1. The number of carbonyl (C=O) groups is 2. The third kappa shape index (κ3) is 4.00. The Morgan fingerprint density at radius 2 is 1.76 bits per heavy atom. The molecule has 4 rings (SSSR count). The van der Waals surface area contributed by atoms with Crippen molar-refractivity contribution < 1.29 is 14.0 Å². The van der Waals surface area contributed by atoms with E-state index in [0.717, 1.165) is 17.3 Å². The molecule has 1 fully saturated rings. The van der Waals surface area contributed by atoms with E-state index in [9.17, 15) is 14.9 Å². The third-order valence-corrected chi connectivity index (χ3v) is 5.46. The molecule has 1 aliphatic heterocycles. The number of thioether (sulfide) groups is 1. The minimum absolute atomic E-state index is 0.279. The molecule has 3 aromatic rings. The summed E-state index contributed by atoms with van der Waals surface area (Å²) in [6.45, 7) is 0.338. The van der Waals surface area contributed by atoms with Gasteiger partial charge in [0.25, 0.3) is 11.1 Å². The van der Waals surface area contributed by atoms with E-state index in [1.165, 1.54) is 4.90 Å². The van der Waals surface area contributed by atoms with Gasteiger partial charge in [-0.3, -0.25) is 14.5 Å². The van der Waals surface area contributed by atoms with Gasteiger partial charge in [0.15, 0.2) is 0 Å². The highest BCUT2D eigenvalue weighted by atomic mass is 32.2. The molecule has 1 saturated heterocycles. The number of nitriles is 1. The van der Waals surface area contributed by atoms with Crippen LogP contribution in [0.1, 0.15) is 16.9 Å². The highest BCUT2D eigenvalue weighted by molar-refractivity contribution is 8.18. The lowest BCUT2D eigenvalue weighted by molar-refractivity contribution is -0.122. The van der Waals surface area contributed by atoms with Gasteiger partial charge in [0.1, 0.15) is 11.5 Å². The second-order valence-corrected chi connectivity index (χ2v) is 7.42. The van der Waals surface area contributed by atoms with Gasteiger partial charge in [0.2, 0.25) is 0 Å². The Labute approximate surface area is 172 Å². The van der Waals surface area contributed by atoms with Gasteiger partial charge in [-0.1, -0.05) is 42.5 Å². The topological polar surface area (TPSA) is 74.3 Å². The van der Waals surface area contributed by atoms with Crippen LogP contribution >= 0.6 is 11.8 Å². The number of nitrogens with zero attached hydrogens (tertiary/aromatic N) is 2. The molecule has 0 bridgehead atoms. The van der Waals surface area contributed by atoms with E-state index in [0.29, 0.717) is 40.5 Å². The largest absolute Gasteiger partial charge is 0.457 e. The van der Waals surface area contributed by atoms with E-state index >= 15 is 0 Å². The molecular formula is C23H16N2O3S. The van der Waals surface area contributed by atoms with Gasteiger partial charge in [-0.05, 0) is 48.0 Å². The van der Waals surface area contributed by atoms with Crippen LogP contribution in [0.2, 0.25) is 0 Å². The fourth-order valence-electron chi connectivity index (χ4n) is 3.08. The molecule has 0 spiro atoms. The number of hydrogen-bond donors (Lipinski definition) is 0. The van der Waals surface area contributed by atoms with Crippen molar-refractivity contribution >= 4 is 29.0 Å². The van der Waals surface area contributed by atoms with Gasteiger partial charge >= 0.3 is 0 Å². The summed E-state index contributed by atoms with van der Waals surface area (Å²) in [5, 5.41) is 8.97. The van der Waals surface area contributed by atoms with Crippen molar-refractivity contribution in [1.29, 1.82) is 5.26 Å². The molecule has 1 aromatic heterocycles. The first-order valence-electron chi connectivity index (χ1n) is 9.04. The van der Waals surface area contributed by atoms with Gasteiger partial charge in [0, 0.05) is 18.2 Å². The van der Waals surface area contributed by atoms with Crippen molar-refractivity contribution in [3.63, 3.8) is 0 Å². The average molecular weight is 400 g/mol. The lowest BCUT2D eigenvalue weighted by Crippen LogP contribution is -2.30. The predicted molar refractivity (Wildman–Crippen MR) is 112 cm³/mol. The maximum absolute atomic E-state index is 12.7. The van der Waals surface area contributed by atoms with E-state index in [1.807, 2.05) is 36.4 Å². The Balaban J connectivity index is 1.51. The Morgan fingerprint density at radius 1 is 1.00 bits per heavy atom. The molecule has 29 heavy (non-hydrogen) atoms. The molecule has 5 nitrogen and oxygen atoms in total. The predicted octanol–water partition coefficient (Wildman–Crippen LogP) is 5.10. The molecule has 2 heterocycles. The lowest BCUT2D eigenvalue weighted by atomic mass is 10.1. The number of imide groups is 1. The summed E-state index contributed by atoms with van der Waals surface area (Å²) in [6, 6.07) is 22.5. The standard InChI is InChI=1S/C23H16N2O3S/c24-15-17-8-4-5-9-19(17)20-11-10-18(28-20)14-21-22(26)25(23(27)29-21)13-12-16-6-2-1-3-7-16/h1-11,14H,12-13H2/b21-14+. The molecule has 0 radical (unpaired) electrons. The molecule has 6 heteroatoms. The van der Waals surface area contributed by atoms with Gasteiger partial charge in [-0.25, -0.2) is 0 Å². The van der Waals surface area contributed by atoms with E-state index in [-0.39, 0.29) is 11.1 Å². The van der Waals surface area contributed by atoms with Gasteiger partial charge in [-0.2, -0.15) is 5.26 Å². The van der Waals surface area contributed by atoms with Gasteiger partial charge in [0.05, 0.1) is 16.5 Å². The fourth-order valence-corrected chi connectivity index (χ4v) is 3.92. The smallest absolute Gasteiger partial charge is 0.293 e. The summed E-state index contributed by atoms with van der Waals surface area (Å²) in [5.41, 5.74) is 2.27. The molecule has 2 aromatic carbocycles. The van der Waals surface area contributed by atoms with Crippen molar-refractivity contribution in [2.75, 3.05) is 6.54 Å². The Bertz CT molecular complexity index is 1140. The molecular weight excluding hydrogens is 384 g/mol. The fraction of sp³-hybridized carbons (Fsp3) is 0.0870. The highest BCUT2D eigenvalue weighted by Crippen LogP contribution is 2.33. The molecule has 1 aliphatic rings. The number of amides is 2. The SMILES string of the molecule is N#Cc1ccccc1-c1ccc(/C=C2/SC(=O)N(CCc3ccccc3)C2=O)o1. The molecule has 142 valence electrons. The molecule has 0 saturated carbocycles. The first-order valence-corrected chi connectivity index (χ1v) is 9.86. The van der Waals surface area contributed by atoms with Crippen LogP contribution in [0, 0.1) is 11.3 Å². The van der Waals surface area contributed by atoms with Crippen LogP contribution in [0.5, 0.6) is 0 Å². The number of furan rings is 1. The van der Waals surface area contributed by atoms with Crippen LogP contribution in [0.25, 0.3) is 17.4 Å². The zero-order valence-corrected chi connectivity index (χ0v) is 16.2. The van der Waals surface area contributed by atoms with Crippen LogP contribution in [0.15, 0.2) is 76.1 Å². The van der Waals surface area contributed by atoms with Crippen molar-refractivity contribution in [2.45, 2.75) is 6.42 Å². The first-order chi connectivity index (χ1) is 14.2. The number of rotatable bonds is 5. The summed E-state index contributed by atoms with van der Waals surface area (Å²) in [6.07, 6.45) is 2.19. The number of hydrogen-bond acceptors (Lipinski definition) is 5. The lowest BCUT2D eigenvalue weighted by Gasteiger charge is -2.11. The Hall–Kier alpha value is -3.56.